The summed E-state index contributed by atoms with van der Waals surface area (Å²) in [5.74, 6) is 0. The lowest BCUT2D eigenvalue weighted by Crippen LogP contribution is -2.16. The Bertz CT molecular complexity index is 1080. The van der Waals surface area contributed by atoms with Gasteiger partial charge in [0.05, 0.1) is 0 Å². The van der Waals surface area contributed by atoms with Crippen LogP contribution in [0.5, 0.6) is 0 Å². The molecule has 1 aliphatic heterocycles. The predicted octanol–water partition coefficient (Wildman–Crippen LogP) is 7.77. The number of hydrogen-bond donors (Lipinski definition) is 0. The summed E-state index contributed by atoms with van der Waals surface area (Å²) in [4.78, 5) is 0. The Labute approximate surface area is 181 Å². The first kappa shape index (κ1) is 20.9. The Morgan fingerprint density at radius 3 is 2.00 bits per heavy atom. The summed E-state index contributed by atoms with van der Waals surface area (Å²) in [6.07, 6.45) is 6.44. The van der Waals surface area contributed by atoms with Gasteiger partial charge in [0.25, 0.3) is 0 Å². The molecule has 30 heavy (non-hydrogen) atoms. The van der Waals surface area contributed by atoms with Gasteiger partial charge in [-0.2, -0.15) is 0 Å². The maximum Gasteiger partial charge on any atom is 0.168 e. The van der Waals surface area contributed by atoms with E-state index < -0.39 is 7.14 Å². The fourth-order valence-corrected chi connectivity index (χ4v) is 7.99. The number of benzene rings is 3. The van der Waals surface area contributed by atoms with Crippen LogP contribution in [-0.2, 0) is 4.57 Å². The van der Waals surface area contributed by atoms with Gasteiger partial charge in [0.1, 0.15) is 0 Å². The fourth-order valence-electron chi connectivity index (χ4n) is 4.57. The maximum absolute atomic E-state index is 15.0. The van der Waals surface area contributed by atoms with E-state index >= 15 is 0 Å². The van der Waals surface area contributed by atoms with Gasteiger partial charge in [-0.25, -0.2) is 0 Å². The molecule has 1 nitrogen and oxygen atoms in total. The van der Waals surface area contributed by atoms with E-state index in [9.17, 15) is 4.57 Å². The molecular formula is C28H31OP. The molecule has 3 aromatic carbocycles. The first-order chi connectivity index (χ1) is 14.7. The molecule has 4 rings (SSSR count). The molecule has 0 saturated carbocycles. The van der Waals surface area contributed by atoms with Crippen molar-refractivity contribution in [3.8, 4) is 11.1 Å². The minimum atomic E-state index is -2.82. The minimum absolute atomic E-state index is 0.928. The van der Waals surface area contributed by atoms with Gasteiger partial charge in [-0.15, -0.1) is 0 Å². The molecule has 0 radical (unpaired) electrons. The maximum atomic E-state index is 15.0. The van der Waals surface area contributed by atoms with Gasteiger partial charge in [0.15, 0.2) is 7.14 Å². The molecule has 154 valence electrons. The smallest absolute Gasteiger partial charge is 0.168 e. The molecule has 0 aromatic heterocycles. The van der Waals surface area contributed by atoms with Crippen molar-refractivity contribution in [1.29, 1.82) is 0 Å². The average Bonchev–Trinajstić information content (AvgIpc) is 3.05. The van der Waals surface area contributed by atoms with Crippen LogP contribution in [0.1, 0.15) is 57.9 Å². The highest BCUT2D eigenvalue weighted by Crippen LogP contribution is 2.62. The highest BCUT2D eigenvalue weighted by atomic mass is 31.2. The number of rotatable bonds is 8. The first-order valence-corrected chi connectivity index (χ1v) is 13.0. The van der Waals surface area contributed by atoms with Crippen molar-refractivity contribution in [2.24, 2.45) is 0 Å². The Morgan fingerprint density at radius 2 is 1.33 bits per heavy atom. The molecule has 0 amide bonds. The molecular weight excluding hydrogens is 383 g/mol. The third kappa shape index (κ3) is 3.72. The van der Waals surface area contributed by atoms with Crippen molar-refractivity contribution in [2.45, 2.75) is 52.4 Å². The van der Waals surface area contributed by atoms with Crippen LogP contribution in [-0.4, -0.2) is 0 Å². The van der Waals surface area contributed by atoms with Crippen LogP contribution in [0.2, 0.25) is 0 Å². The number of unbranched alkanes of at least 4 members (excludes halogenated alkanes) is 2. The quantitative estimate of drug-likeness (QED) is 0.344. The monoisotopic (exact) mass is 414 g/mol. The molecule has 1 unspecified atom stereocenters. The standard InChI is InChI=1S/C28H31OP/c1-3-5-17-25-26-20-19-23(22-13-9-7-10-14-22)21-28(26)30(29,27(25)18-6-4-2)24-15-11-8-12-16-24/h7-16,19-21H,3-6,17-18H2,1-2H3. The molecule has 1 atom stereocenters. The summed E-state index contributed by atoms with van der Waals surface area (Å²) in [5, 5.41) is 3.24. The van der Waals surface area contributed by atoms with Crippen LogP contribution < -0.4 is 10.6 Å². The van der Waals surface area contributed by atoms with Crippen molar-refractivity contribution in [3.63, 3.8) is 0 Å². The number of hydrogen-bond acceptors (Lipinski definition) is 1. The van der Waals surface area contributed by atoms with Crippen LogP contribution >= 0.6 is 7.14 Å². The molecule has 0 fully saturated rings. The van der Waals surface area contributed by atoms with Crippen molar-refractivity contribution in [2.75, 3.05) is 0 Å². The highest BCUT2D eigenvalue weighted by Gasteiger charge is 2.41. The van der Waals surface area contributed by atoms with Crippen molar-refractivity contribution < 1.29 is 4.57 Å². The Balaban J connectivity index is 1.94. The van der Waals surface area contributed by atoms with Crippen LogP contribution in [0.15, 0.2) is 84.2 Å². The fraction of sp³-hybridized carbons (Fsp3) is 0.286. The van der Waals surface area contributed by atoms with Crippen molar-refractivity contribution >= 4 is 23.3 Å². The number of allylic oxidation sites excluding steroid dienone is 2. The van der Waals surface area contributed by atoms with E-state index in [2.05, 4.69) is 68.4 Å². The van der Waals surface area contributed by atoms with Gasteiger partial charge in [0.2, 0.25) is 0 Å². The normalized spacial score (nSPS) is 17.9. The summed E-state index contributed by atoms with van der Waals surface area (Å²) in [6.45, 7) is 4.45. The summed E-state index contributed by atoms with van der Waals surface area (Å²) >= 11 is 0. The highest BCUT2D eigenvalue weighted by molar-refractivity contribution is 7.83. The first-order valence-electron chi connectivity index (χ1n) is 11.3. The van der Waals surface area contributed by atoms with Gasteiger partial charge in [0, 0.05) is 15.9 Å². The summed E-state index contributed by atoms with van der Waals surface area (Å²) in [6, 6.07) is 27.3. The molecule has 0 bridgehead atoms. The molecule has 0 saturated heterocycles. The zero-order valence-electron chi connectivity index (χ0n) is 18.1. The molecule has 0 N–H and O–H groups in total. The third-order valence-electron chi connectivity index (χ3n) is 6.16. The molecule has 0 spiro atoms. The lowest BCUT2D eigenvalue weighted by atomic mass is 9.96. The lowest BCUT2D eigenvalue weighted by Gasteiger charge is -2.19. The van der Waals surface area contributed by atoms with E-state index in [0.717, 1.165) is 54.7 Å². The lowest BCUT2D eigenvalue weighted by molar-refractivity contribution is 0.589. The summed E-state index contributed by atoms with van der Waals surface area (Å²) < 4.78 is 15.0. The van der Waals surface area contributed by atoms with E-state index in [1.807, 2.05) is 24.3 Å². The van der Waals surface area contributed by atoms with E-state index in [4.69, 9.17) is 0 Å². The zero-order chi connectivity index (χ0) is 21.0. The summed E-state index contributed by atoms with van der Waals surface area (Å²) in [5.41, 5.74) is 4.91. The van der Waals surface area contributed by atoms with Crippen LogP contribution in [0, 0.1) is 0 Å². The van der Waals surface area contributed by atoms with Gasteiger partial charge in [-0.1, -0.05) is 99.5 Å². The number of fused-ring (bicyclic) bond motifs is 1. The topological polar surface area (TPSA) is 17.1 Å². The second-order valence-electron chi connectivity index (χ2n) is 8.18. The zero-order valence-corrected chi connectivity index (χ0v) is 19.0. The Hall–Kier alpha value is -2.37. The van der Waals surface area contributed by atoms with Gasteiger partial charge >= 0.3 is 0 Å². The third-order valence-corrected chi connectivity index (χ3v) is 9.49. The second-order valence-corrected chi connectivity index (χ2v) is 10.9. The largest absolute Gasteiger partial charge is 0.309 e. The molecule has 2 heteroatoms. The molecule has 1 aliphatic rings. The molecule has 1 heterocycles. The van der Waals surface area contributed by atoms with E-state index in [1.165, 1.54) is 22.0 Å². The van der Waals surface area contributed by atoms with E-state index in [-0.39, 0.29) is 0 Å². The average molecular weight is 415 g/mol. The summed E-state index contributed by atoms with van der Waals surface area (Å²) in [7, 11) is -2.82. The van der Waals surface area contributed by atoms with Crippen LogP contribution in [0.25, 0.3) is 16.7 Å². The van der Waals surface area contributed by atoms with Gasteiger partial charge in [-0.3, -0.25) is 0 Å². The van der Waals surface area contributed by atoms with E-state index in [1.54, 1.807) is 0 Å². The van der Waals surface area contributed by atoms with Crippen LogP contribution in [0.4, 0.5) is 0 Å². The van der Waals surface area contributed by atoms with Gasteiger partial charge in [-0.05, 0) is 54.0 Å². The van der Waals surface area contributed by atoms with Gasteiger partial charge < -0.3 is 4.57 Å². The van der Waals surface area contributed by atoms with Crippen LogP contribution in [0.3, 0.4) is 0 Å². The molecule has 0 aliphatic carbocycles. The second kappa shape index (κ2) is 9.19. The Morgan fingerprint density at radius 1 is 0.700 bits per heavy atom. The van der Waals surface area contributed by atoms with E-state index in [0.29, 0.717) is 0 Å². The molecule has 3 aromatic rings. The van der Waals surface area contributed by atoms with Crippen molar-refractivity contribution in [1.82, 2.24) is 0 Å². The SMILES string of the molecule is CCCCC1=C(CCCC)P(=O)(c2ccccc2)c2cc(-c3ccccc3)ccc21. The Kier molecular flexibility index (Phi) is 6.40. The van der Waals surface area contributed by atoms with Crippen molar-refractivity contribution in [3.05, 3.63) is 89.7 Å². The minimum Gasteiger partial charge on any atom is -0.309 e. The predicted molar refractivity (Wildman–Crippen MR) is 131 cm³/mol.